The van der Waals surface area contributed by atoms with Crippen LogP contribution in [0.3, 0.4) is 0 Å². The van der Waals surface area contributed by atoms with Crippen LogP contribution in [0.25, 0.3) is 0 Å². The van der Waals surface area contributed by atoms with E-state index in [9.17, 15) is 14.3 Å². The van der Waals surface area contributed by atoms with Gasteiger partial charge in [0.15, 0.2) is 0 Å². The van der Waals surface area contributed by atoms with Crippen molar-refractivity contribution >= 4 is 6.29 Å². The van der Waals surface area contributed by atoms with Gasteiger partial charge in [-0.1, -0.05) is 13.8 Å². The second kappa shape index (κ2) is 6.50. The topological polar surface area (TPSA) is 49.3 Å². The minimum Gasteiger partial charge on any atom is -0.508 e. The highest BCUT2D eigenvalue weighted by Crippen LogP contribution is 2.33. The first-order chi connectivity index (χ1) is 8.51. The van der Waals surface area contributed by atoms with E-state index >= 15 is 0 Å². The van der Waals surface area contributed by atoms with Crippen molar-refractivity contribution in [1.82, 2.24) is 5.32 Å². The Morgan fingerprint density at radius 3 is 2.61 bits per heavy atom. The molecule has 0 radical (unpaired) electrons. The summed E-state index contributed by atoms with van der Waals surface area (Å²) in [5.41, 5.74) is 1.29. The number of hydrogen-bond acceptors (Lipinski definition) is 3. The van der Waals surface area contributed by atoms with Crippen LogP contribution in [0.15, 0.2) is 12.1 Å². The summed E-state index contributed by atoms with van der Waals surface area (Å²) < 4.78 is 14.1. The molecule has 0 aliphatic rings. The summed E-state index contributed by atoms with van der Waals surface area (Å²) in [6.45, 7) is 4.41. The minimum atomic E-state index is -0.444. The molecule has 0 bridgehead atoms. The van der Waals surface area contributed by atoms with E-state index in [1.165, 1.54) is 0 Å². The third kappa shape index (κ3) is 3.29. The molecule has 0 aliphatic heterocycles. The molecule has 0 aromatic heterocycles. The Bertz CT molecular complexity index is 419. The maximum absolute atomic E-state index is 14.1. The van der Waals surface area contributed by atoms with E-state index < -0.39 is 5.82 Å². The molecular weight excluding hydrogens is 233 g/mol. The summed E-state index contributed by atoms with van der Waals surface area (Å²) in [4.78, 5) is 10.7. The number of likely N-dealkylation sites (N-methyl/N-ethyl adjacent to an activating group) is 1. The van der Waals surface area contributed by atoms with Gasteiger partial charge in [0, 0.05) is 24.9 Å². The van der Waals surface area contributed by atoms with Gasteiger partial charge in [-0.3, -0.25) is 0 Å². The second-order valence-corrected chi connectivity index (χ2v) is 4.74. The molecule has 0 fully saturated rings. The summed E-state index contributed by atoms with van der Waals surface area (Å²) in [5, 5.41) is 12.5. The van der Waals surface area contributed by atoms with Crippen molar-refractivity contribution in [1.29, 1.82) is 0 Å². The molecule has 1 unspecified atom stereocenters. The van der Waals surface area contributed by atoms with Crippen LogP contribution in [-0.4, -0.2) is 25.0 Å². The van der Waals surface area contributed by atoms with Gasteiger partial charge in [0.1, 0.15) is 17.9 Å². The van der Waals surface area contributed by atoms with Gasteiger partial charge in [0.05, 0.1) is 0 Å². The molecule has 2 N–H and O–H groups in total. The first-order valence-electron chi connectivity index (χ1n) is 6.11. The molecular formula is C14H20FNO2. The molecule has 1 aromatic rings. The predicted octanol–water partition coefficient (Wildman–Crippen LogP) is 2.55. The predicted molar refractivity (Wildman–Crippen MR) is 69.5 cm³/mol. The smallest absolute Gasteiger partial charge is 0.130 e. The summed E-state index contributed by atoms with van der Waals surface area (Å²) in [6.07, 6.45) is 1.07. The maximum Gasteiger partial charge on any atom is 0.130 e. The highest BCUT2D eigenvalue weighted by molar-refractivity contribution is 5.53. The van der Waals surface area contributed by atoms with Crippen molar-refractivity contribution in [3.8, 4) is 5.75 Å². The molecule has 0 saturated carbocycles. The lowest BCUT2D eigenvalue weighted by Crippen LogP contribution is -2.20. The van der Waals surface area contributed by atoms with Crippen LogP contribution >= 0.6 is 0 Å². The zero-order chi connectivity index (χ0) is 13.7. The van der Waals surface area contributed by atoms with Gasteiger partial charge >= 0.3 is 0 Å². The van der Waals surface area contributed by atoms with Crippen LogP contribution in [0, 0.1) is 5.82 Å². The number of aldehydes is 1. The van der Waals surface area contributed by atoms with Crippen LogP contribution in [0.1, 0.15) is 43.2 Å². The molecule has 1 atom stereocenters. The Morgan fingerprint density at radius 1 is 1.44 bits per heavy atom. The maximum atomic E-state index is 14.1. The fourth-order valence-electron chi connectivity index (χ4n) is 2.20. The Labute approximate surface area is 107 Å². The molecule has 0 saturated heterocycles. The van der Waals surface area contributed by atoms with E-state index in [4.69, 9.17) is 0 Å². The fraction of sp³-hybridized carbons (Fsp3) is 0.500. The molecule has 0 amide bonds. The van der Waals surface area contributed by atoms with Crippen LogP contribution in [-0.2, 0) is 4.79 Å². The summed E-state index contributed by atoms with van der Waals surface area (Å²) >= 11 is 0. The summed E-state index contributed by atoms with van der Waals surface area (Å²) in [6, 6.07) is 2.69. The van der Waals surface area contributed by atoms with Gasteiger partial charge in [0.2, 0.25) is 0 Å². The van der Waals surface area contributed by atoms with Crippen molar-refractivity contribution in [3.63, 3.8) is 0 Å². The number of nitrogens with one attached hydrogen (secondary N) is 1. The number of phenols is 1. The molecule has 0 aliphatic carbocycles. The molecule has 1 rings (SSSR count). The summed E-state index contributed by atoms with van der Waals surface area (Å²) in [7, 11) is 1.77. The van der Waals surface area contributed by atoms with Crippen LogP contribution in [0.4, 0.5) is 4.39 Å². The molecule has 3 nitrogen and oxygen atoms in total. The Morgan fingerprint density at radius 2 is 2.11 bits per heavy atom. The highest BCUT2D eigenvalue weighted by atomic mass is 19.1. The standard InChI is InChI=1S/C14H20FNO2/c1-9(2)12-6-11(18)7-13(15)14(12)10(4-5-17)8-16-3/h5-7,9-10,16,18H,4,8H2,1-3H3. The van der Waals surface area contributed by atoms with Crippen molar-refractivity contribution < 1.29 is 14.3 Å². The molecule has 18 heavy (non-hydrogen) atoms. The average molecular weight is 253 g/mol. The van der Waals surface area contributed by atoms with Gasteiger partial charge in [-0.25, -0.2) is 4.39 Å². The van der Waals surface area contributed by atoms with E-state index in [1.54, 1.807) is 13.1 Å². The molecule has 4 heteroatoms. The largest absolute Gasteiger partial charge is 0.508 e. The molecule has 0 spiro atoms. The lowest BCUT2D eigenvalue weighted by molar-refractivity contribution is -0.108. The van der Waals surface area contributed by atoms with Crippen LogP contribution in [0.2, 0.25) is 0 Å². The number of benzene rings is 1. The number of phenolic OH excluding ortho intramolecular Hbond substituents is 1. The highest BCUT2D eigenvalue weighted by Gasteiger charge is 2.21. The lowest BCUT2D eigenvalue weighted by atomic mass is 9.86. The van der Waals surface area contributed by atoms with Crippen molar-refractivity contribution in [2.45, 2.75) is 32.1 Å². The fourth-order valence-corrected chi connectivity index (χ4v) is 2.20. The first kappa shape index (κ1) is 14.6. The van der Waals surface area contributed by atoms with E-state index in [2.05, 4.69) is 5.32 Å². The Hall–Kier alpha value is -1.42. The zero-order valence-electron chi connectivity index (χ0n) is 11.0. The number of aromatic hydroxyl groups is 1. The Balaban J connectivity index is 3.29. The lowest BCUT2D eigenvalue weighted by Gasteiger charge is -2.21. The van der Waals surface area contributed by atoms with Gasteiger partial charge < -0.3 is 15.2 Å². The quantitative estimate of drug-likeness (QED) is 0.766. The average Bonchev–Trinajstić information content (AvgIpc) is 2.27. The number of carbonyl (C=O) groups is 1. The Kier molecular flexibility index (Phi) is 5.28. The number of carbonyl (C=O) groups excluding carboxylic acids is 1. The van der Waals surface area contributed by atoms with E-state index in [0.29, 0.717) is 12.1 Å². The van der Waals surface area contributed by atoms with Gasteiger partial charge in [-0.05, 0) is 30.2 Å². The molecule has 1 aromatic carbocycles. The second-order valence-electron chi connectivity index (χ2n) is 4.74. The van der Waals surface area contributed by atoms with E-state index in [1.807, 2.05) is 13.8 Å². The SMILES string of the molecule is CNCC(CC=O)c1c(F)cc(O)cc1C(C)C. The zero-order valence-corrected chi connectivity index (χ0v) is 11.0. The van der Waals surface area contributed by atoms with Gasteiger partial charge in [-0.2, -0.15) is 0 Å². The molecule has 100 valence electrons. The monoisotopic (exact) mass is 253 g/mol. The van der Waals surface area contributed by atoms with E-state index in [0.717, 1.165) is 17.9 Å². The first-order valence-corrected chi connectivity index (χ1v) is 6.11. The van der Waals surface area contributed by atoms with Crippen molar-refractivity contribution in [2.24, 2.45) is 0 Å². The van der Waals surface area contributed by atoms with Crippen molar-refractivity contribution in [3.05, 3.63) is 29.1 Å². The van der Waals surface area contributed by atoms with Crippen LogP contribution in [0.5, 0.6) is 5.75 Å². The van der Waals surface area contributed by atoms with Gasteiger partial charge in [0.25, 0.3) is 0 Å². The minimum absolute atomic E-state index is 0.0748. The number of rotatable bonds is 6. The number of halogens is 1. The summed E-state index contributed by atoms with van der Waals surface area (Å²) in [5.74, 6) is -0.631. The third-order valence-corrected chi connectivity index (χ3v) is 3.01. The van der Waals surface area contributed by atoms with E-state index in [-0.39, 0.29) is 24.0 Å². The van der Waals surface area contributed by atoms with Gasteiger partial charge in [-0.15, -0.1) is 0 Å². The molecule has 0 heterocycles. The van der Waals surface area contributed by atoms with Crippen LogP contribution < -0.4 is 5.32 Å². The third-order valence-electron chi connectivity index (χ3n) is 3.01. The normalized spacial score (nSPS) is 12.7. The number of hydrogen-bond donors (Lipinski definition) is 2. The van der Waals surface area contributed by atoms with Crippen molar-refractivity contribution in [2.75, 3.05) is 13.6 Å².